The van der Waals surface area contributed by atoms with E-state index in [2.05, 4.69) is 53.5 Å². The summed E-state index contributed by atoms with van der Waals surface area (Å²) in [5, 5.41) is 5.48. The first-order valence-corrected chi connectivity index (χ1v) is 9.90. The minimum atomic E-state index is 0.461. The molecule has 0 unspecified atom stereocenters. The van der Waals surface area contributed by atoms with E-state index in [4.69, 9.17) is 17.2 Å². The van der Waals surface area contributed by atoms with E-state index in [1.807, 2.05) is 23.5 Å². The summed E-state index contributed by atoms with van der Waals surface area (Å²) in [6.45, 7) is 4.06. The Bertz CT molecular complexity index is 870. The van der Waals surface area contributed by atoms with Gasteiger partial charge in [0, 0.05) is 24.7 Å². The highest BCUT2D eigenvalue weighted by Gasteiger charge is 2.25. The van der Waals surface area contributed by atoms with Gasteiger partial charge in [0.15, 0.2) is 5.11 Å². The average molecular weight is 368 g/mol. The van der Waals surface area contributed by atoms with Crippen LogP contribution in [-0.2, 0) is 0 Å². The molecule has 4 rings (SSSR count). The maximum atomic E-state index is 5.68. The highest BCUT2D eigenvalue weighted by Crippen LogP contribution is 2.33. The summed E-state index contributed by atoms with van der Waals surface area (Å²) in [6, 6.07) is 16.7. The van der Waals surface area contributed by atoms with Crippen molar-refractivity contribution in [1.29, 1.82) is 0 Å². The Morgan fingerprint density at radius 3 is 2.84 bits per heavy atom. The van der Waals surface area contributed by atoms with Crippen molar-refractivity contribution < 1.29 is 0 Å². The van der Waals surface area contributed by atoms with Crippen LogP contribution in [0.1, 0.15) is 29.3 Å². The van der Waals surface area contributed by atoms with Crippen LogP contribution in [0, 0.1) is 6.92 Å². The molecule has 1 fully saturated rings. The monoisotopic (exact) mass is 367 g/mol. The Labute approximate surface area is 157 Å². The molecular weight excluding hydrogens is 346 g/mol. The summed E-state index contributed by atoms with van der Waals surface area (Å²) in [7, 11) is 0. The van der Waals surface area contributed by atoms with E-state index in [1.54, 1.807) is 0 Å². The number of aromatic nitrogens is 1. The van der Waals surface area contributed by atoms with E-state index < -0.39 is 0 Å². The lowest BCUT2D eigenvalue weighted by Crippen LogP contribution is -2.41. The third-order valence-corrected chi connectivity index (χ3v) is 6.31. The molecular formula is C20H21N3S2. The Hall–Kier alpha value is -1.98. The highest BCUT2D eigenvalue weighted by molar-refractivity contribution is 7.80. The van der Waals surface area contributed by atoms with E-state index in [0.29, 0.717) is 5.92 Å². The van der Waals surface area contributed by atoms with Crippen molar-refractivity contribution in [2.45, 2.75) is 25.7 Å². The van der Waals surface area contributed by atoms with E-state index in [9.17, 15) is 0 Å². The fourth-order valence-corrected chi connectivity index (χ4v) is 4.70. The van der Waals surface area contributed by atoms with Crippen molar-refractivity contribution in [2.24, 2.45) is 0 Å². The van der Waals surface area contributed by atoms with E-state index in [-0.39, 0.29) is 0 Å². The Morgan fingerprint density at radius 2 is 2.00 bits per heavy atom. The molecule has 0 bridgehead atoms. The van der Waals surface area contributed by atoms with Crippen LogP contribution in [0.4, 0.5) is 5.69 Å². The molecule has 1 N–H and O–H groups in total. The zero-order valence-corrected chi connectivity index (χ0v) is 15.9. The van der Waals surface area contributed by atoms with Crippen LogP contribution in [0.5, 0.6) is 0 Å². The zero-order chi connectivity index (χ0) is 17.2. The molecule has 5 heteroatoms. The number of piperidine rings is 1. The fourth-order valence-electron chi connectivity index (χ4n) is 3.34. The van der Waals surface area contributed by atoms with Gasteiger partial charge < -0.3 is 10.2 Å². The van der Waals surface area contributed by atoms with Crippen LogP contribution < -0.4 is 5.32 Å². The predicted octanol–water partition coefficient (Wildman–Crippen LogP) is 5.18. The lowest BCUT2D eigenvalue weighted by atomic mass is 9.99. The Kier molecular flexibility index (Phi) is 4.68. The van der Waals surface area contributed by atoms with Crippen LogP contribution in [0.15, 0.2) is 48.5 Å². The van der Waals surface area contributed by atoms with Gasteiger partial charge in [-0.1, -0.05) is 30.3 Å². The van der Waals surface area contributed by atoms with Crippen molar-refractivity contribution in [2.75, 3.05) is 18.4 Å². The van der Waals surface area contributed by atoms with Crippen molar-refractivity contribution in [3.05, 3.63) is 59.1 Å². The lowest BCUT2D eigenvalue weighted by molar-refractivity contribution is 0.312. The molecule has 3 aromatic rings. The molecule has 1 aromatic heterocycles. The normalized spacial score (nSPS) is 17.6. The quantitative estimate of drug-likeness (QED) is 0.632. The highest BCUT2D eigenvalue weighted by atomic mass is 32.1. The number of likely N-dealkylation sites (tertiary alicyclic amines) is 1. The molecule has 0 amide bonds. The second-order valence-electron chi connectivity index (χ2n) is 6.55. The van der Waals surface area contributed by atoms with E-state index >= 15 is 0 Å². The lowest BCUT2D eigenvalue weighted by Gasteiger charge is -2.34. The van der Waals surface area contributed by atoms with Crippen LogP contribution in [-0.4, -0.2) is 28.1 Å². The number of benzene rings is 2. The number of para-hydroxylation sites is 2. The van der Waals surface area contributed by atoms with Gasteiger partial charge in [0.05, 0.1) is 15.2 Å². The number of thiazole rings is 1. The second kappa shape index (κ2) is 7.10. The molecule has 3 nitrogen and oxygen atoms in total. The number of anilines is 1. The van der Waals surface area contributed by atoms with Gasteiger partial charge in [0.2, 0.25) is 0 Å². The summed E-state index contributed by atoms with van der Waals surface area (Å²) in [5.74, 6) is 0.461. The van der Waals surface area contributed by atoms with Gasteiger partial charge in [0.1, 0.15) is 0 Å². The second-order valence-corrected chi connectivity index (χ2v) is 8.00. The predicted molar refractivity (Wildman–Crippen MR) is 111 cm³/mol. The number of fused-ring (bicyclic) bond motifs is 1. The molecule has 25 heavy (non-hydrogen) atoms. The van der Waals surface area contributed by atoms with Crippen molar-refractivity contribution in [3.8, 4) is 0 Å². The molecule has 2 aromatic carbocycles. The molecule has 0 spiro atoms. The number of nitrogens with one attached hydrogen (secondary N) is 1. The maximum absolute atomic E-state index is 5.68. The number of thiocarbonyl (C=S) groups is 1. The molecule has 1 aliphatic rings. The smallest absolute Gasteiger partial charge is 0.173 e. The number of hydrogen-bond acceptors (Lipinski definition) is 3. The van der Waals surface area contributed by atoms with Gasteiger partial charge in [-0.05, 0) is 55.7 Å². The van der Waals surface area contributed by atoms with E-state index in [0.717, 1.165) is 35.8 Å². The van der Waals surface area contributed by atoms with Gasteiger partial charge in [-0.2, -0.15) is 0 Å². The third kappa shape index (κ3) is 3.53. The van der Waals surface area contributed by atoms with Crippen molar-refractivity contribution >= 4 is 44.6 Å². The van der Waals surface area contributed by atoms with Crippen molar-refractivity contribution in [3.63, 3.8) is 0 Å². The SMILES string of the molecule is Cc1ccccc1NC(=S)N1CCC[C@H](c2nc3ccccc3s2)C1. The molecule has 1 aliphatic heterocycles. The first kappa shape index (κ1) is 16.5. The van der Waals surface area contributed by atoms with Gasteiger partial charge >= 0.3 is 0 Å². The minimum Gasteiger partial charge on any atom is -0.348 e. The third-order valence-electron chi connectivity index (χ3n) is 4.75. The molecule has 0 aliphatic carbocycles. The Morgan fingerprint density at radius 1 is 1.20 bits per heavy atom. The van der Waals surface area contributed by atoms with Crippen LogP contribution in [0.25, 0.3) is 10.2 Å². The van der Waals surface area contributed by atoms with Gasteiger partial charge in [0.25, 0.3) is 0 Å². The van der Waals surface area contributed by atoms with Crippen molar-refractivity contribution in [1.82, 2.24) is 9.88 Å². The molecule has 128 valence electrons. The molecule has 0 saturated carbocycles. The molecule has 1 atom stereocenters. The fraction of sp³-hybridized carbons (Fsp3) is 0.300. The van der Waals surface area contributed by atoms with E-state index in [1.165, 1.54) is 21.7 Å². The van der Waals surface area contributed by atoms with Gasteiger partial charge in [-0.3, -0.25) is 0 Å². The first-order valence-electron chi connectivity index (χ1n) is 8.68. The standard InChI is InChI=1S/C20H21N3S2/c1-14-7-2-3-9-16(14)22-20(24)23-12-6-8-15(13-23)19-21-17-10-4-5-11-18(17)25-19/h2-5,7,9-11,15H,6,8,12-13H2,1H3,(H,22,24)/t15-/m0/s1. The van der Waals surface area contributed by atoms with Crippen LogP contribution in [0.3, 0.4) is 0 Å². The molecule has 0 radical (unpaired) electrons. The summed E-state index contributed by atoms with van der Waals surface area (Å²) < 4.78 is 1.27. The minimum absolute atomic E-state index is 0.461. The summed E-state index contributed by atoms with van der Waals surface area (Å²) in [4.78, 5) is 7.15. The van der Waals surface area contributed by atoms with Gasteiger partial charge in [-0.25, -0.2) is 4.98 Å². The number of aryl methyl sites for hydroxylation is 1. The number of rotatable bonds is 2. The first-order chi connectivity index (χ1) is 12.2. The topological polar surface area (TPSA) is 28.2 Å². The molecule has 2 heterocycles. The largest absolute Gasteiger partial charge is 0.348 e. The average Bonchev–Trinajstić information content (AvgIpc) is 3.08. The maximum Gasteiger partial charge on any atom is 0.173 e. The summed E-state index contributed by atoms with van der Waals surface area (Å²) >= 11 is 7.50. The zero-order valence-electron chi connectivity index (χ0n) is 14.2. The Balaban J connectivity index is 1.48. The number of hydrogen-bond donors (Lipinski definition) is 1. The number of nitrogens with zero attached hydrogens (tertiary/aromatic N) is 2. The van der Waals surface area contributed by atoms with Crippen LogP contribution in [0.2, 0.25) is 0 Å². The summed E-state index contributed by atoms with van der Waals surface area (Å²) in [6.07, 6.45) is 2.33. The summed E-state index contributed by atoms with van der Waals surface area (Å²) in [5.41, 5.74) is 3.42. The molecule has 1 saturated heterocycles. The van der Waals surface area contributed by atoms with Gasteiger partial charge in [-0.15, -0.1) is 11.3 Å². The van der Waals surface area contributed by atoms with Crippen LogP contribution >= 0.6 is 23.6 Å².